The summed E-state index contributed by atoms with van der Waals surface area (Å²) in [5, 5.41) is 4.78. The Kier molecular flexibility index (Phi) is 5.23. The molecule has 1 unspecified atom stereocenters. The lowest BCUT2D eigenvalue weighted by atomic mass is 9.95. The number of hydrogen-bond acceptors (Lipinski definition) is 5. The SMILES string of the molecule is CCOC(=O)C1=C(C)N(N)C(=S)NC1c1ccc(N(C)C)cc1. The molecule has 6 nitrogen and oxygen atoms in total. The number of ether oxygens (including phenoxy) is 1. The van der Waals surface area contributed by atoms with Crippen molar-refractivity contribution < 1.29 is 9.53 Å². The van der Waals surface area contributed by atoms with Crippen LogP contribution in [0, 0.1) is 0 Å². The third-order valence-electron chi connectivity index (χ3n) is 3.76. The lowest BCUT2D eigenvalue weighted by Gasteiger charge is -2.34. The van der Waals surface area contributed by atoms with Gasteiger partial charge in [0.15, 0.2) is 5.11 Å². The van der Waals surface area contributed by atoms with E-state index in [0.717, 1.165) is 11.3 Å². The summed E-state index contributed by atoms with van der Waals surface area (Å²) in [4.78, 5) is 14.4. The Hall–Kier alpha value is -2.12. The molecule has 0 aliphatic carbocycles. The second-order valence-electron chi connectivity index (χ2n) is 5.46. The van der Waals surface area contributed by atoms with Crippen LogP contribution < -0.4 is 16.1 Å². The topological polar surface area (TPSA) is 70.8 Å². The smallest absolute Gasteiger partial charge is 0.338 e. The number of esters is 1. The minimum absolute atomic E-state index is 0.302. The number of carbonyl (C=O) groups is 1. The molecule has 0 aromatic heterocycles. The fourth-order valence-electron chi connectivity index (χ4n) is 2.45. The minimum atomic E-state index is -0.392. The summed E-state index contributed by atoms with van der Waals surface area (Å²) < 4.78 is 5.18. The third kappa shape index (κ3) is 3.46. The van der Waals surface area contributed by atoms with E-state index in [1.54, 1.807) is 13.8 Å². The van der Waals surface area contributed by atoms with Crippen molar-refractivity contribution in [3.05, 3.63) is 41.1 Å². The first kappa shape index (κ1) is 17.2. The van der Waals surface area contributed by atoms with Crippen LogP contribution in [0.15, 0.2) is 35.5 Å². The molecule has 0 saturated heterocycles. The zero-order valence-corrected chi connectivity index (χ0v) is 14.6. The number of carbonyl (C=O) groups excluding carboxylic acids is 1. The molecule has 0 saturated carbocycles. The molecular formula is C16H22N4O2S. The molecular weight excluding hydrogens is 312 g/mol. The molecule has 1 heterocycles. The first-order chi connectivity index (χ1) is 10.9. The van der Waals surface area contributed by atoms with Crippen LogP contribution in [0.1, 0.15) is 25.5 Å². The van der Waals surface area contributed by atoms with Crippen LogP contribution >= 0.6 is 12.2 Å². The van der Waals surface area contributed by atoms with Gasteiger partial charge in [-0.05, 0) is 43.8 Å². The molecule has 1 aliphatic heterocycles. The molecule has 23 heavy (non-hydrogen) atoms. The molecule has 1 atom stereocenters. The van der Waals surface area contributed by atoms with Crippen molar-refractivity contribution >= 4 is 29.0 Å². The largest absolute Gasteiger partial charge is 0.463 e. The van der Waals surface area contributed by atoms with E-state index in [0.29, 0.717) is 23.0 Å². The highest BCUT2D eigenvalue weighted by molar-refractivity contribution is 7.80. The van der Waals surface area contributed by atoms with E-state index in [1.807, 2.05) is 43.3 Å². The van der Waals surface area contributed by atoms with Crippen LogP contribution in [0.3, 0.4) is 0 Å². The second kappa shape index (κ2) is 6.97. The highest BCUT2D eigenvalue weighted by atomic mass is 32.1. The van der Waals surface area contributed by atoms with Crippen LogP contribution in [0.4, 0.5) is 5.69 Å². The van der Waals surface area contributed by atoms with Crippen LogP contribution in [0.2, 0.25) is 0 Å². The van der Waals surface area contributed by atoms with Crippen molar-refractivity contribution in [2.75, 3.05) is 25.6 Å². The number of allylic oxidation sites excluding steroid dienone is 1. The van der Waals surface area contributed by atoms with Gasteiger partial charge in [-0.2, -0.15) is 0 Å². The fourth-order valence-corrected chi connectivity index (χ4v) is 2.70. The van der Waals surface area contributed by atoms with Gasteiger partial charge in [-0.15, -0.1) is 0 Å². The number of hydrazine groups is 1. The number of thiocarbonyl (C=S) groups is 1. The number of anilines is 1. The van der Waals surface area contributed by atoms with Crippen molar-refractivity contribution in [1.82, 2.24) is 10.3 Å². The molecule has 0 bridgehead atoms. The maximum Gasteiger partial charge on any atom is 0.338 e. The molecule has 7 heteroatoms. The van der Waals surface area contributed by atoms with Gasteiger partial charge in [0, 0.05) is 25.5 Å². The number of hydrogen-bond donors (Lipinski definition) is 2. The highest BCUT2D eigenvalue weighted by Gasteiger charge is 2.33. The van der Waals surface area contributed by atoms with Crippen molar-refractivity contribution in [3.63, 3.8) is 0 Å². The average molecular weight is 334 g/mol. The van der Waals surface area contributed by atoms with Gasteiger partial charge < -0.3 is 15.0 Å². The molecule has 0 fully saturated rings. The van der Waals surface area contributed by atoms with E-state index in [9.17, 15) is 4.79 Å². The van der Waals surface area contributed by atoms with Gasteiger partial charge in [-0.25, -0.2) is 10.6 Å². The Balaban J connectivity index is 2.44. The summed E-state index contributed by atoms with van der Waals surface area (Å²) in [7, 11) is 3.95. The third-order valence-corrected chi connectivity index (χ3v) is 4.08. The lowest BCUT2D eigenvalue weighted by molar-refractivity contribution is -0.139. The number of nitrogens with zero attached hydrogens (tertiary/aromatic N) is 2. The van der Waals surface area contributed by atoms with Crippen LogP contribution in [0.5, 0.6) is 0 Å². The normalized spacial score (nSPS) is 17.9. The van der Waals surface area contributed by atoms with Gasteiger partial charge in [0.25, 0.3) is 0 Å². The highest BCUT2D eigenvalue weighted by Crippen LogP contribution is 2.31. The van der Waals surface area contributed by atoms with Crippen molar-refractivity contribution in [2.24, 2.45) is 5.84 Å². The Morgan fingerprint density at radius 3 is 2.52 bits per heavy atom. The standard InChI is InChI=1S/C16H22N4O2S/c1-5-22-15(21)13-10(2)20(17)16(23)18-14(13)11-6-8-12(9-7-11)19(3)4/h6-9,14H,5,17H2,1-4H3,(H,18,23). The predicted molar refractivity (Wildman–Crippen MR) is 94.6 cm³/mol. The Labute approximate surface area is 141 Å². The minimum Gasteiger partial charge on any atom is -0.463 e. The number of nitrogens with one attached hydrogen (secondary N) is 1. The quantitative estimate of drug-likeness (QED) is 0.493. The van der Waals surface area contributed by atoms with Crippen molar-refractivity contribution in [2.45, 2.75) is 19.9 Å². The lowest BCUT2D eigenvalue weighted by Crippen LogP contribution is -2.50. The average Bonchev–Trinajstić information content (AvgIpc) is 2.52. The Morgan fingerprint density at radius 1 is 1.39 bits per heavy atom. The molecule has 124 valence electrons. The van der Waals surface area contributed by atoms with Crippen LogP contribution in [0.25, 0.3) is 0 Å². The summed E-state index contributed by atoms with van der Waals surface area (Å²) in [6, 6.07) is 7.54. The molecule has 0 radical (unpaired) electrons. The van der Waals surface area contributed by atoms with Gasteiger partial charge in [-0.3, -0.25) is 5.01 Å². The van der Waals surface area contributed by atoms with E-state index in [4.69, 9.17) is 22.8 Å². The zero-order valence-electron chi connectivity index (χ0n) is 13.8. The molecule has 3 N–H and O–H groups in total. The fraction of sp³-hybridized carbons (Fsp3) is 0.375. The first-order valence-corrected chi connectivity index (χ1v) is 7.78. The second-order valence-corrected chi connectivity index (χ2v) is 5.84. The summed E-state index contributed by atoms with van der Waals surface area (Å²) >= 11 is 5.25. The van der Waals surface area contributed by atoms with Gasteiger partial charge in [0.2, 0.25) is 0 Å². The Morgan fingerprint density at radius 2 is 2.00 bits per heavy atom. The molecule has 1 aromatic carbocycles. The Bertz CT molecular complexity index is 640. The number of benzene rings is 1. The summed E-state index contributed by atoms with van der Waals surface area (Å²) in [6.07, 6.45) is 0. The van der Waals surface area contributed by atoms with Crippen molar-refractivity contribution in [1.29, 1.82) is 0 Å². The monoisotopic (exact) mass is 334 g/mol. The first-order valence-electron chi connectivity index (χ1n) is 7.37. The van der Waals surface area contributed by atoms with Crippen LogP contribution in [-0.2, 0) is 9.53 Å². The molecule has 0 amide bonds. The maximum atomic E-state index is 12.4. The van der Waals surface area contributed by atoms with Crippen molar-refractivity contribution in [3.8, 4) is 0 Å². The van der Waals surface area contributed by atoms with E-state index < -0.39 is 5.97 Å². The zero-order chi connectivity index (χ0) is 17.1. The van der Waals surface area contributed by atoms with E-state index >= 15 is 0 Å². The molecule has 1 aromatic rings. The van der Waals surface area contributed by atoms with Crippen LogP contribution in [-0.4, -0.2) is 36.8 Å². The van der Waals surface area contributed by atoms with E-state index in [1.165, 1.54) is 5.01 Å². The molecule has 2 rings (SSSR count). The number of rotatable bonds is 4. The summed E-state index contributed by atoms with van der Waals surface area (Å²) in [5.41, 5.74) is 3.06. The maximum absolute atomic E-state index is 12.4. The summed E-state index contributed by atoms with van der Waals surface area (Å²) in [6.45, 7) is 3.84. The predicted octanol–water partition coefficient (Wildman–Crippen LogP) is 1.69. The molecule has 1 aliphatic rings. The number of nitrogens with two attached hydrogens (primary N) is 1. The van der Waals surface area contributed by atoms with E-state index in [2.05, 4.69) is 5.32 Å². The molecule has 0 spiro atoms. The van der Waals surface area contributed by atoms with Gasteiger partial charge in [0.1, 0.15) is 0 Å². The van der Waals surface area contributed by atoms with Gasteiger partial charge in [-0.1, -0.05) is 12.1 Å². The van der Waals surface area contributed by atoms with Gasteiger partial charge >= 0.3 is 5.97 Å². The van der Waals surface area contributed by atoms with E-state index in [-0.39, 0.29) is 6.04 Å². The van der Waals surface area contributed by atoms with Gasteiger partial charge in [0.05, 0.1) is 18.2 Å². The summed E-state index contributed by atoms with van der Waals surface area (Å²) in [5.74, 6) is 5.52.